The third-order valence-electron chi connectivity index (χ3n) is 3.84. The molecular weight excluding hydrogens is 302 g/mol. The molecular formula is C15H19N3O3S. The quantitative estimate of drug-likeness (QED) is 0.920. The molecule has 1 saturated heterocycles. The Morgan fingerprint density at radius 1 is 1.18 bits per heavy atom. The van der Waals surface area contributed by atoms with Crippen molar-refractivity contribution in [3.05, 3.63) is 30.5 Å². The number of pyridine rings is 1. The molecule has 1 aliphatic rings. The van der Waals surface area contributed by atoms with E-state index in [-0.39, 0.29) is 0 Å². The van der Waals surface area contributed by atoms with E-state index in [0.29, 0.717) is 41.2 Å². The zero-order valence-electron chi connectivity index (χ0n) is 12.4. The van der Waals surface area contributed by atoms with Gasteiger partial charge in [-0.05, 0) is 31.2 Å². The second-order valence-electron chi connectivity index (χ2n) is 5.18. The number of nitrogens with one attached hydrogen (secondary N) is 1. The number of hydrogen-bond donors (Lipinski definition) is 1. The van der Waals surface area contributed by atoms with E-state index >= 15 is 0 Å². The first-order valence-corrected chi connectivity index (χ1v) is 8.71. The van der Waals surface area contributed by atoms with Gasteiger partial charge in [-0.1, -0.05) is 6.07 Å². The van der Waals surface area contributed by atoms with Gasteiger partial charge in [0.1, 0.15) is 0 Å². The largest absolute Gasteiger partial charge is 0.481 e. The SMILES string of the molecule is COc1nccc2c(S(=O)(=O)N3CCCNCC3)cccc12. The Bertz CT molecular complexity index is 769. The summed E-state index contributed by atoms with van der Waals surface area (Å²) >= 11 is 0. The monoisotopic (exact) mass is 321 g/mol. The number of rotatable bonds is 3. The number of aromatic nitrogens is 1. The van der Waals surface area contributed by atoms with Gasteiger partial charge in [-0.25, -0.2) is 13.4 Å². The first-order chi connectivity index (χ1) is 10.6. The molecule has 1 aromatic carbocycles. The minimum absolute atomic E-state index is 0.313. The van der Waals surface area contributed by atoms with Gasteiger partial charge in [0.25, 0.3) is 0 Å². The summed E-state index contributed by atoms with van der Waals surface area (Å²) in [5, 5.41) is 4.57. The fraction of sp³-hybridized carbons (Fsp3) is 0.400. The van der Waals surface area contributed by atoms with Crippen LogP contribution in [0.4, 0.5) is 0 Å². The average Bonchev–Trinajstić information content (AvgIpc) is 2.83. The molecule has 0 amide bonds. The minimum atomic E-state index is -3.53. The van der Waals surface area contributed by atoms with E-state index in [1.807, 2.05) is 6.07 Å². The Balaban J connectivity index is 2.12. The van der Waals surface area contributed by atoms with Crippen molar-refractivity contribution in [3.8, 4) is 5.88 Å². The van der Waals surface area contributed by atoms with Gasteiger partial charge in [0, 0.05) is 36.6 Å². The lowest BCUT2D eigenvalue weighted by molar-refractivity contribution is 0.403. The predicted molar refractivity (Wildman–Crippen MR) is 84.5 cm³/mol. The summed E-state index contributed by atoms with van der Waals surface area (Å²) in [5.41, 5.74) is 0. The fourth-order valence-corrected chi connectivity index (χ4v) is 4.43. The molecule has 1 N–H and O–H groups in total. The second kappa shape index (κ2) is 6.20. The third kappa shape index (κ3) is 2.67. The molecule has 2 heterocycles. The summed E-state index contributed by atoms with van der Waals surface area (Å²) in [7, 11) is -2.00. The van der Waals surface area contributed by atoms with Gasteiger partial charge in [0.2, 0.25) is 15.9 Å². The maximum Gasteiger partial charge on any atom is 0.243 e. The Morgan fingerprint density at radius 3 is 2.86 bits per heavy atom. The van der Waals surface area contributed by atoms with Crippen LogP contribution in [0.15, 0.2) is 35.4 Å². The molecule has 0 bridgehead atoms. The average molecular weight is 321 g/mol. The maximum absolute atomic E-state index is 13.0. The van der Waals surface area contributed by atoms with Crippen LogP contribution in [0.2, 0.25) is 0 Å². The summed E-state index contributed by atoms with van der Waals surface area (Å²) in [6, 6.07) is 6.93. The van der Waals surface area contributed by atoms with Crippen molar-refractivity contribution in [2.45, 2.75) is 11.3 Å². The van der Waals surface area contributed by atoms with Gasteiger partial charge in [0.05, 0.1) is 12.0 Å². The lowest BCUT2D eigenvalue weighted by Gasteiger charge is -2.20. The highest BCUT2D eigenvalue weighted by Gasteiger charge is 2.27. The van der Waals surface area contributed by atoms with Crippen LogP contribution in [0.3, 0.4) is 0 Å². The lowest BCUT2D eigenvalue weighted by atomic mass is 10.2. The highest BCUT2D eigenvalue weighted by Crippen LogP contribution is 2.30. The van der Waals surface area contributed by atoms with E-state index in [4.69, 9.17) is 4.74 Å². The Hall–Kier alpha value is -1.70. The predicted octanol–water partition coefficient (Wildman–Crippen LogP) is 1.23. The molecule has 7 heteroatoms. The Morgan fingerprint density at radius 2 is 2.05 bits per heavy atom. The zero-order valence-corrected chi connectivity index (χ0v) is 13.3. The van der Waals surface area contributed by atoms with Gasteiger partial charge in [-0.2, -0.15) is 4.31 Å². The minimum Gasteiger partial charge on any atom is -0.481 e. The molecule has 1 aromatic heterocycles. The summed E-state index contributed by atoms with van der Waals surface area (Å²) < 4.78 is 32.8. The molecule has 1 fully saturated rings. The Kier molecular flexibility index (Phi) is 4.28. The highest BCUT2D eigenvalue weighted by atomic mass is 32.2. The molecule has 0 unspecified atom stereocenters. The van der Waals surface area contributed by atoms with Crippen molar-refractivity contribution in [1.29, 1.82) is 0 Å². The summed E-state index contributed by atoms with van der Waals surface area (Å²) in [4.78, 5) is 4.45. The number of sulfonamides is 1. The van der Waals surface area contributed by atoms with Crippen LogP contribution in [0.25, 0.3) is 10.8 Å². The molecule has 3 rings (SSSR count). The molecule has 22 heavy (non-hydrogen) atoms. The van der Waals surface area contributed by atoms with E-state index in [9.17, 15) is 8.42 Å². The number of methoxy groups -OCH3 is 1. The van der Waals surface area contributed by atoms with Gasteiger partial charge in [-0.15, -0.1) is 0 Å². The number of nitrogens with zero attached hydrogens (tertiary/aromatic N) is 2. The van der Waals surface area contributed by atoms with Gasteiger partial charge >= 0.3 is 0 Å². The van der Waals surface area contributed by atoms with Crippen LogP contribution >= 0.6 is 0 Å². The topological polar surface area (TPSA) is 71.5 Å². The molecule has 0 aliphatic carbocycles. The standard InChI is InChI=1S/C15H19N3O3S/c1-21-15-13-4-2-5-14(12(13)6-8-17-15)22(19,20)18-10-3-7-16-9-11-18/h2,4-6,8,16H,3,7,9-11H2,1H3. The molecule has 0 radical (unpaired) electrons. The van der Waals surface area contributed by atoms with Crippen LogP contribution in [0.5, 0.6) is 5.88 Å². The van der Waals surface area contributed by atoms with Crippen LogP contribution in [0.1, 0.15) is 6.42 Å². The Labute approximate surface area is 130 Å². The second-order valence-corrected chi connectivity index (χ2v) is 7.09. The van der Waals surface area contributed by atoms with Crippen molar-refractivity contribution < 1.29 is 13.2 Å². The van der Waals surface area contributed by atoms with E-state index in [1.165, 1.54) is 7.11 Å². The van der Waals surface area contributed by atoms with Crippen molar-refractivity contribution in [3.63, 3.8) is 0 Å². The molecule has 2 aromatic rings. The van der Waals surface area contributed by atoms with Crippen LogP contribution < -0.4 is 10.1 Å². The van der Waals surface area contributed by atoms with E-state index in [1.54, 1.807) is 28.7 Å². The van der Waals surface area contributed by atoms with Gasteiger partial charge in [0.15, 0.2) is 0 Å². The summed E-state index contributed by atoms with van der Waals surface area (Å²) in [5.74, 6) is 0.437. The zero-order chi connectivity index (χ0) is 15.6. The molecule has 1 aliphatic heterocycles. The van der Waals surface area contributed by atoms with Crippen molar-refractivity contribution in [1.82, 2.24) is 14.6 Å². The molecule has 0 atom stereocenters. The number of ether oxygens (including phenoxy) is 1. The van der Waals surface area contributed by atoms with E-state index < -0.39 is 10.0 Å². The van der Waals surface area contributed by atoms with Crippen LogP contribution in [-0.4, -0.2) is 51.0 Å². The lowest BCUT2D eigenvalue weighted by Crippen LogP contribution is -2.34. The number of hydrogen-bond acceptors (Lipinski definition) is 5. The summed E-state index contributed by atoms with van der Waals surface area (Å²) in [6.07, 6.45) is 2.39. The highest BCUT2D eigenvalue weighted by molar-refractivity contribution is 7.89. The first-order valence-electron chi connectivity index (χ1n) is 7.27. The van der Waals surface area contributed by atoms with Crippen LogP contribution in [0, 0.1) is 0 Å². The van der Waals surface area contributed by atoms with Crippen molar-refractivity contribution in [2.75, 3.05) is 33.3 Å². The molecule has 118 valence electrons. The smallest absolute Gasteiger partial charge is 0.243 e. The third-order valence-corrected chi connectivity index (χ3v) is 5.80. The van der Waals surface area contributed by atoms with Crippen molar-refractivity contribution >= 4 is 20.8 Å². The molecule has 0 saturated carbocycles. The first kappa shape index (κ1) is 15.2. The maximum atomic E-state index is 13.0. The van der Waals surface area contributed by atoms with Gasteiger partial charge in [-0.3, -0.25) is 0 Å². The van der Waals surface area contributed by atoms with E-state index in [0.717, 1.165) is 13.0 Å². The molecule has 0 spiro atoms. The fourth-order valence-electron chi connectivity index (χ4n) is 2.74. The van der Waals surface area contributed by atoms with Crippen molar-refractivity contribution in [2.24, 2.45) is 0 Å². The van der Waals surface area contributed by atoms with Gasteiger partial charge < -0.3 is 10.1 Å². The normalized spacial score (nSPS) is 17.3. The van der Waals surface area contributed by atoms with Crippen LogP contribution in [-0.2, 0) is 10.0 Å². The number of benzene rings is 1. The summed E-state index contributed by atoms with van der Waals surface area (Å²) in [6.45, 7) is 2.54. The molecule has 6 nitrogen and oxygen atoms in total. The number of fused-ring (bicyclic) bond motifs is 1. The van der Waals surface area contributed by atoms with E-state index in [2.05, 4.69) is 10.3 Å².